The molecule has 1 aromatic heterocycles. The van der Waals surface area contributed by atoms with Gasteiger partial charge in [0, 0.05) is 5.02 Å². The van der Waals surface area contributed by atoms with E-state index in [1.807, 2.05) is 19.1 Å². The van der Waals surface area contributed by atoms with Crippen molar-refractivity contribution in [2.24, 2.45) is 0 Å². The number of aryl methyl sites for hydroxylation is 2. The van der Waals surface area contributed by atoms with Crippen LogP contribution in [0.15, 0.2) is 77.6 Å². The summed E-state index contributed by atoms with van der Waals surface area (Å²) in [7, 11) is 0. The van der Waals surface area contributed by atoms with Crippen LogP contribution in [0.3, 0.4) is 0 Å². The zero-order valence-corrected chi connectivity index (χ0v) is 18.2. The third-order valence-electron chi connectivity index (χ3n) is 5.02. The van der Waals surface area contributed by atoms with E-state index in [2.05, 4.69) is 10.4 Å². The van der Waals surface area contributed by atoms with Gasteiger partial charge in [-0.05, 0) is 55.8 Å². The van der Waals surface area contributed by atoms with Crippen LogP contribution in [-0.2, 0) is 0 Å². The summed E-state index contributed by atoms with van der Waals surface area (Å²) in [5, 5.41) is 7.65. The molecule has 0 atom stereocenters. The van der Waals surface area contributed by atoms with E-state index in [0.29, 0.717) is 16.3 Å². The lowest BCUT2D eigenvalue weighted by molar-refractivity contribution is 0.102. The first kappa shape index (κ1) is 21.5. The van der Waals surface area contributed by atoms with E-state index < -0.39 is 11.7 Å². The van der Waals surface area contributed by atoms with Crippen molar-refractivity contribution in [2.45, 2.75) is 13.8 Å². The Labute approximate surface area is 189 Å². The molecular weight excluding hydrogens is 429 g/mol. The second-order valence-corrected chi connectivity index (χ2v) is 7.76. The van der Waals surface area contributed by atoms with E-state index in [1.165, 1.54) is 22.9 Å². The molecule has 0 saturated carbocycles. The molecule has 0 aliphatic carbocycles. The summed E-state index contributed by atoms with van der Waals surface area (Å²) >= 11 is 6.03. The van der Waals surface area contributed by atoms with E-state index in [1.54, 1.807) is 49.4 Å². The van der Waals surface area contributed by atoms with Gasteiger partial charge in [0.25, 0.3) is 5.91 Å². The highest BCUT2D eigenvalue weighted by Gasteiger charge is 2.22. The minimum absolute atomic E-state index is 0.139. The second-order valence-electron chi connectivity index (χ2n) is 7.33. The number of halogens is 2. The molecule has 4 rings (SSSR count). The van der Waals surface area contributed by atoms with E-state index >= 15 is 0 Å². The van der Waals surface area contributed by atoms with Crippen LogP contribution in [0.5, 0.6) is 0 Å². The van der Waals surface area contributed by atoms with Crippen LogP contribution < -0.4 is 10.7 Å². The van der Waals surface area contributed by atoms with Gasteiger partial charge in [-0.1, -0.05) is 53.6 Å². The predicted octanol–water partition coefficient (Wildman–Crippen LogP) is 5.56. The maximum absolute atomic E-state index is 14.3. The lowest BCUT2D eigenvalue weighted by Crippen LogP contribution is -2.25. The molecule has 0 aliphatic heterocycles. The fourth-order valence-electron chi connectivity index (χ4n) is 3.33. The van der Waals surface area contributed by atoms with Crippen molar-refractivity contribution in [3.05, 3.63) is 111 Å². The summed E-state index contributed by atoms with van der Waals surface area (Å²) in [6, 6.07) is 19.8. The van der Waals surface area contributed by atoms with Crippen molar-refractivity contribution in [1.82, 2.24) is 9.78 Å². The van der Waals surface area contributed by atoms with Gasteiger partial charge in [-0.15, -0.1) is 0 Å². The Balaban J connectivity index is 1.97. The molecule has 0 aliphatic rings. The van der Waals surface area contributed by atoms with Crippen LogP contribution in [0.4, 0.5) is 10.2 Å². The third kappa shape index (κ3) is 4.18. The minimum atomic E-state index is -0.691. The Kier molecular flexibility index (Phi) is 5.88. The van der Waals surface area contributed by atoms with Crippen molar-refractivity contribution in [2.75, 3.05) is 5.32 Å². The maximum atomic E-state index is 14.3. The monoisotopic (exact) mass is 447 g/mol. The largest absolute Gasteiger partial charge is 0.306 e. The molecule has 0 bridgehead atoms. The van der Waals surface area contributed by atoms with Crippen LogP contribution in [0.2, 0.25) is 5.02 Å². The van der Waals surface area contributed by atoms with Gasteiger partial charge in [0.05, 0.1) is 16.8 Å². The van der Waals surface area contributed by atoms with E-state index in [9.17, 15) is 14.0 Å². The summed E-state index contributed by atoms with van der Waals surface area (Å²) < 4.78 is 15.7. The molecule has 32 heavy (non-hydrogen) atoms. The van der Waals surface area contributed by atoms with Crippen LogP contribution in [-0.4, -0.2) is 15.7 Å². The lowest BCUT2D eigenvalue weighted by Gasteiger charge is -2.18. The normalized spacial score (nSPS) is 10.8. The zero-order valence-electron chi connectivity index (χ0n) is 17.4. The van der Waals surface area contributed by atoms with E-state index in [-0.39, 0.29) is 28.1 Å². The molecule has 3 aromatic carbocycles. The van der Waals surface area contributed by atoms with Gasteiger partial charge in [-0.2, -0.15) is 5.10 Å². The molecule has 1 amide bonds. The first-order valence-electron chi connectivity index (χ1n) is 9.88. The van der Waals surface area contributed by atoms with E-state index in [4.69, 9.17) is 11.6 Å². The number of aromatic nitrogens is 2. The summed E-state index contributed by atoms with van der Waals surface area (Å²) in [4.78, 5) is 26.2. The number of nitrogens with one attached hydrogen (secondary N) is 1. The summed E-state index contributed by atoms with van der Waals surface area (Å²) in [6.45, 7) is 3.54. The fraction of sp³-hybridized carbons (Fsp3) is 0.0800. The standard InChI is InChI=1S/C25H19ClFN3O2/c1-15-7-9-17(10-8-15)22-23(31)16(2)29-30(19-13-11-18(26)12-14-19)24(22)28-25(32)20-5-3-4-6-21(20)27/h3-14H,1-2H3,(H,28,32). The average molecular weight is 448 g/mol. The van der Waals surface area contributed by atoms with Gasteiger partial charge < -0.3 is 5.32 Å². The highest BCUT2D eigenvalue weighted by atomic mass is 35.5. The lowest BCUT2D eigenvalue weighted by atomic mass is 10.0. The number of amides is 1. The molecule has 0 unspecified atom stereocenters. The molecular formula is C25H19ClFN3O2. The molecule has 160 valence electrons. The van der Waals surface area contributed by atoms with Gasteiger partial charge in [-0.3, -0.25) is 9.59 Å². The number of nitrogens with zero attached hydrogens (tertiary/aromatic N) is 2. The van der Waals surface area contributed by atoms with Gasteiger partial charge in [0.2, 0.25) is 5.43 Å². The van der Waals surface area contributed by atoms with Crippen LogP contribution in [0.1, 0.15) is 21.6 Å². The molecule has 1 heterocycles. The number of carbonyl (C=O) groups excluding carboxylic acids is 1. The number of carbonyl (C=O) groups is 1. The number of hydrogen-bond acceptors (Lipinski definition) is 3. The number of hydrogen-bond donors (Lipinski definition) is 1. The van der Waals surface area contributed by atoms with Crippen molar-refractivity contribution in [1.29, 1.82) is 0 Å². The molecule has 4 aromatic rings. The summed E-state index contributed by atoms with van der Waals surface area (Å²) in [6.07, 6.45) is 0. The zero-order chi connectivity index (χ0) is 22.8. The van der Waals surface area contributed by atoms with Crippen LogP contribution in [0.25, 0.3) is 16.8 Å². The smallest absolute Gasteiger partial charge is 0.259 e. The molecule has 1 N–H and O–H groups in total. The van der Waals surface area contributed by atoms with Gasteiger partial charge in [0.15, 0.2) is 0 Å². The van der Waals surface area contributed by atoms with Crippen LogP contribution in [0, 0.1) is 19.7 Å². The van der Waals surface area contributed by atoms with Crippen LogP contribution >= 0.6 is 11.6 Å². The Hall–Kier alpha value is -3.77. The highest BCUT2D eigenvalue weighted by Crippen LogP contribution is 2.28. The summed E-state index contributed by atoms with van der Waals surface area (Å²) in [5.41, 5.74) is 2.25. The van der Waals surface area contributed by atoms with Crippen molar-refractivity contribution in [3.63, 3.8) is 0 Å². The van der Waals surface area contributed by atoms with Crippen molar-refractivity contribution < 1.29 is 9.18 Å². The minimum Gasteiger partial charge on any atom is -0.306 e. The predicted molar refractivity (Wildman–Crippen MR) is 124 cm³/mol. The third-order valence-corrected chi connectivity index (χ3v) is 5.27. The molecule has 0 fully saturated rings. The SMILES string of the molecule is Cc1ccc(-c2c(NC(=O)c3ccccc3F)n(-c3ccc(Cl)cc3)nc(C)c2=O)cc1. The Morgan fingerprint density at radius 3 is 2.28 bits per heavy atom. The first-order chi connectivity index (χ1) is 15.3. The van der Waals surface area contributed by atoms with Crippen molar-refractivity contribution in [3.8, 4) is 16.8 Å². The van der Waals surface area contributed by atoms with Crippen molar-refractivity contribution >= 4 is 23.3 Å². The Bertz CT molecular complexity index is 1360. The maximum Gasteiger partial charge on any atom is 0.259 e. The topological polar surface area (TPSA) is 64.0 Å². The fourth-order valence-corrected chi connectivity index (χ4v) is 3.46. The van der Waals surface area contributed by atoms with Gasteiger partial charge in [-0.25, -0.2) is 9.07 Å². The molecule has 0 radical (unpaired) electrons. The van der Waals surface area contributed by atoms with E-state index in [0.717, 1.165) is 5.56 Å². The molecule has 7 heteroatoms. The number of benzene rings is 3. The number of rotatable bonds is 4. The average Bonchev–Trinajstić information content (AvgIpc) is 2.78. The first-order valence-corrected chi connectivity index (χ1v) is 10.3. The molecule has 0 saturated heterocycles. The molecule has 5 nitrogen and oxygen atoms in total. The van der Waals surface area contributed by atoms with Gasteiger partial charge in [0.1, 0.15) is 17.3 Å². The Morgan fingerprint density at radius 2 is 1.62 bits per heavy atom. The molecule has 0 spiro atoms. The number of anilines is 1. The highest BCUT2D eigenvalue weighted by molar-refractivity contribution is 6.30. The summed E-state index contributed by atoms with van der Waals surface area (Å²) in [5.74, 6) is -1.22. The van der Waals surface area contributed by atoms with Gasteiger partial charge >= 0.3 is 0 Å². The quantitative estimate of drug-likeness (QED) is 0.445. The second kappa shape index (κ2) is 8.77. The Morgan fingerprint density at radius 1 is 0.969 bits per heavy atom.